The van der Waals surface area contributed by atoms with Gasteiger partial charge in [0.05, 0.1) is 0 Å². The standard InChI is InChI=1S/C15H12FN3O2/c16-13-14(9-1-5-11(20)6-2-9)18-19-15(13)17-10-3-7-12(21)8-4-10/h1-8,20-21H,(H2,17,18,19). The van der Waals surface area contributed by atoms with Crippen molar-refractivity contribution in [2.75, 3.05) is 5.32 Å². The largest absolute Gasteiger partial charge is 0.508 e. The van der Waals surface area contributed by atoms with Crippen LogP contribution >= 0.6 is 0 Å². The molecule has 0 aliphatic rings. The Hall–Kier alpha value is -3.02. The fourth-order valence-electron chi connectivity index (χ4n) is 1.91. The second-order valence-electron chi connectivity index (χ2n) is 4.48. The lowest BCUT2D eigenvalue weighted by Gasteiger charge is -2.03. The highest BCUT2D eigenvalue weighted by molar-refractivity contribution is 5.67. The summed E-state index contributed by atoms with van der Waals surface area (Å²) in [6, 6.07) is 12.4. The highest BCUT2D eigenvalue weighted by Gasteiger charge is 2.14. The van der Waals surface area contributed by atoms with Crippen molar-refractivity contribution in [2.24, 2.45) is 0 Å². The Morgan fingerprint density at radius 2 is 1.48 bits per heavy atom. The average molecular weight is 285 g/mol. The van der Waals surface area contributed by atoms with Crippen LogP contribution in [0.4, 0.5) is 15.9 Å². The molecule has 0 spiro atoms. The molecule has 106 valence electrons. The molecule has 0 aliphatic heterocycles. The van der Waals surface area contributed by atoms with Gasteiger partial charge in [-0.05, 0) is 48.5 Å². The number of phenolic OH excluding ortho intramolecular Hbond substituents is 2. The van der Waals surface area contributed by atoms with E-state index in [0.29, 0.717) is 11.3 Å². The van der Waals surface area contributed by atoms with E-state index in [1.165, 1.54) is 24.3 Å². The highest BCUT2D eigenvalue weighted by Crippen LogP contribution is 2.28. The number of rotatable bonds is 3. The third-order valence-corrected chi connectivity index (χ3v) is 2.99. The summed E-state index contributed by atoms with van der Waals surface area (Å²) in [6.45, 7) is 0. The van der Waals surface area contributed by atoms with E-state index >= 15 is 0 Å². The Labute approximate surface area is 119 Å². The smallest absolute Gasteiger partial charge is 0.193 e. The maximum absolute atomic E-state index is 14.3. The van der Waals surface area contributed by atoms with Gasteiger partial charge in [-0.1, -0.05) is 0 Å². The Kier molecular flexibility index (Phi) is 3.19. The van der Waals surface area contributed by atoms with E-state index < -0.39 is 5.82 Å². The zero-order chi connectivity index (χ0) is 14.8. The van der Waals surface area contributed by atoms with Crippen molar-refractivity contribution in [3.8, 4) is 22.8 Å². The van der Waals surface area contributed by atoms with Gasteiger partial charge in [0.2, 0.25) is 0 Å². The summed E-state index contributed by atoms with van der Waals surface area (Å²) < 4.78 is 14.3. The molecule has 2 aromatic carbocycles. The monoisotopic (exact) mass is 285 g/mol. The van der Waals surface area contributed by atoms with Gasteiger partial charge in [-0.3, -0.25) is 5.10 Å². The molecule has 0 saturated heterocycles. The van der Waals surface area contributed by atoms with Crippen molar-refractivity contribution >= 4 is 11.5 Å². The lowest BCUT2D eigenvalue weighted by atomic mass is 10.1. The minimum Gasteiger partial charge on any atom is -0.508 e. The van der Waals surface area contributed by atoms with E-state index in [1.54, 1.807) is 24.3 Å². The molecule has 0 atom stereocenters. The Morgan fingerprint density at radius 1 is 0.905 bits per heavy atom. The van der Waals surface area contributed by atoms with Gasteiger partial charge in [-0.2, -0.15) is 5.10 Å². The molecule has 3 aromatic rings. The van der Waals surface area contributed by atoms with Crippen LogP contribution in [-0.2, 0) is 0 Å². The number of benzene rings is 2. The van der Waals surface area contributed by atoms with E-state index in [0.717, 1.165) is 0 Å². The van der Waals surface area contributed by atoms with Crippen molar-refractivity contribution in [3.63, 3.8) is 0 Å². The number of H-pyrrole nitrogens is 1. The summed E-state index contributed by atoms with van der Waals surface area (Å²) in [5.41, 5.74) is 1.42. The van der Waals surface area contributed by atoms with E-state index in [1.807, 2.05) is 0 Å². The van der Waals surface area contributed by atoms with Crippen molar-refractivity contribution in [2.45, 2.75) is 0 Å². The fraction of sp³-hybridized carbons (Fsp3) is 0. The Morgan fingerprint density at radius 3 is 2.10 bits per heavy atom. The molecule has 5 nitrogen and oxygen atoms in total. The van der Waals surface area contributed by atoms with Crippen LogP contribution in [0.25, 0.3) is 11.3 Å². The molecule has 6 heteroatoms. The molecule has 0 saturated carbocycles. The second kappa shape index (κ2) is 5.16. The molecular weight excluding hydrogens is 273 g/mol. The Bertz CT molecular complexity index is 752. The van der Waals surface area contributed by atoms with Crippen LogP contribution < -0.4 is 5.32 Å². The van der Waals surface area contributed by atoms with Crippen LogP contribution in [0.1, 0.15) is 0 Å². The molecule has 0 unspecified atom stereocenters. The summed E-state index contributed by atoms with van der Waals surface area (Å²) in [5.74, 6) is -0.216. The van der Waals surface area contributed by atoms with Gasteiger partial charge in [0.1, 0.15) is 17.2 Å². The normalized spacial score (nSPS) is 10.5. The zero-order valence-electron chi connectivity index (χ0n) is 10.8. The molecule has 0 aliphatic carbocycles. The topological polar surface area (TPSA) is 81.2 Å². The minimum absolute atomic E-state index is 0.0590. The van der Waals surface area contributed by atoms with E-state index in [-0.39, 0.29) is 23.0 Å². The van der Waals surface area contributed by atoms with Crippen molar-refractivity contribution in [1.82, 2.24) is 10.2 Å². The van der Waals surface area contributed by atoms with Crippen LogP contribution in [0.3, 0.4) is 0 Å². The molecule has 21 heavy (non-hydrogen) atoms. The van der Waals surface area contributed by atoms with Crippen LogP contribution in [0, 0.1) is 5.82 Å². The number of aromatic nitrogens is 2. The fourth-order valence-corrected chi connectivity index (χ4v) is 1.91. The van der Waals surface area contributed by atoms with Crippen LogP contribution in [0.2, 0.25) is 0 Å². The van der Waals surface area contributed by atoms with Gasteiger partial charge in [0, 0.05) is 11.3 Å². The van der Waals surface area contributed by atoms with Crippen molar-refractivity contribution < 1.29 is 14.6 Å². The molecule has 1 aromatic heterocycles. The molecule has 0 fully saturated rings. The number of nitrogens with zero attached hydrogens (tertiary/aromatic N) is 1. The molecule has 0 amide bonds. The first-order chi connectivity index (χ1) is 10.1. The SMILES string of the molecule is Oc1ccc(Nc2n[nH]c(-c3ccc(O)cc3)c2F)cc1. The molecular formula is C15H12FN3O2. The van der Waals surface area contributed by atoms with Gasteiger partial charge in [0.15, 0.2) is 11.6 Å². The van der Waals surface area contributed by atoms with Gasteiger partial charge >= 0.3 is 0 Å². The van der Waals surface area contributed by atoms with Crippen LogP contribution in [0.15, 0.2) is 48.5 Å². The molecule has 4 N–H and O–H groups in total. The number of aromatic amines is 1. The van der Waals surface area contributed by atoms with Gasteiger partial charge in [-0.25, -0.2) is 4.39 Å². The number of anilines is 2. The summed E-state index contributed by atoms with van der Waals surface area (Å²) in [7, 11) is 0. The van der Waals surface area contributed by atoms with Crippen LogP contribution in [0.5, 0.6) is 11.5 Å². The number of hydrogen-bond donors (Lipinski definition) is 4. The van der Waals surface area contributed by atoms with Gasteiger partial charge in [0.25, 0.3) is 0 Å². The third-order valence-electron chi connectivity index (χ3n) is 2.99. The number of aromatic hydroxyl groups is 2. The van der Waals surface area contributed by atoms with Gasteiger partial charge in [-0.15, -0.1) is 0 Å². The first-order valence-electron chi connectivity index (χ1n) is 6.23. The lowest BCUT2D eigenvalue weighted by molar-refractivity contribution is 0.475. The van der Waals surface area contributed by atoms with Crippen LogP contribution in [-0.4, -0.2) is 20.4 Å². The molecule has 1 heterocycles. The predicted octanol–water partition coefficient (Wildman–Crippen LogP) is 3.37. The summed E-state index contributed by atoms with van der Waals surface area (Å²) in [6.07, 6.45) is 0. The first kappa shape index (κ1) is 13.0. The molecule has 3 rings (SSSR count). The first-order valence-corrected chi connectivity index (χ1v) is 6.23. The average Bonchev–Trinajstić information content (AvgIpc) is 2.84. The second-order valence-corrected chi connectivity index (χ2v) is 4.48. The minimum atomic E-state index is -0.520. The molecule has 0 bridgehead atoms. The van der Waals surface area contributed by atoms with E-state index in [2.05, 4.69) is 15.5 Å². The highest BCUT2D eigenvalue weighted by atomic mass is 19.1. The maximum Gasteiger partial charge on any atom is 0.193 e. The third kappa shape index (κ3) is 2.64. The zero-order valence-corrected chi connectivity index (χ0v) is 10.8. The maximum atomic E-state index is 14.3. The number of nitrogens with one attached hydrogen (secondary N) is 2. The quantitative estimate of drug-likeness (QED) is 0.556. The molecule has 0 radical (unpaired) electrons. The van der Waals surface area contributed by atoms with E-state index in [4.69, 9.17) is 0 Å². The van der Waals surface area contributed by atoms with E-state index in [9.17, 15) is 14.6 Å². The predicted molar refractivity (Wildman–Crippen MR) is 77.0 cm³/mol. The van der Waals surface area contributed by atoms with Crippen molar-refractivity contribution in [1.29, 1.82) is 0 Å². The number of halogens is 1. The number of hydrogen-bond acceptors (Lipinski definition) is 4. The number of phenols is 2. The van der Waals surface area contributed by atoms with Gasteiger partial charge < -0.3 is 15.5 Å². The lowest BCUT2D eigenvalue weighted by Crippen LogP contribution is -1.92. The summed E-state index contributed by atoms with van der Waals surface area (Å²) in [5, 5.41) is 27.8. The summed E-state index contributed by atoms with van der Waals surface area (Å²) in [4.78, 5) is 0. The Balaban J connectivity index is 1.88. The summed E-state index contributed by atoms with van der Waals surface area (Å²) >= 11 is 0. The van der Waals surface area contributed by atoms with Crippen molar-refractivity contribution in [3.05, 3.63) is 54.3 Å².